The summed E-state index contributed by atoms with van der Waals surface area (Å²) in [6, 6.07) is 0. The van der Waals surface area contributed by atoms with E-state index in [1.807, 2.05) is 0 Å². The van der Waals surface area contributed by atoms with Crippen LogP contribution in [0.2, 0.25) is 0 Å². The van der Waals surface area contributed by atoms with Gasteiger partial charge in [-0.25, -0.2) is 0 Å². The Hall–Kier alpha value is 0.440. The van der Waals surface area contributed by atoms with Crippen molar-refractivity contribution in [2.45, 2.75) is 45.6 Å². The molecule has 2 heteroatoms. The number of hydrogen-bond donors (Lipinski definition) is 0. The molecule has 1 aliphatic carbocycles. The molecule has 1 nitrogen and oxygen atoms in total. The molecule has 0 amide bonds. The highest BCUT2D eigenvalue weighted by molar-refractivity contribution is 9.09. The van der Waals surface area contributed by atoms with Crippen molar-refractivity contribution in [1.29, 1.82) is 0 Å². The molecule has 0 bridgehead atoms. The van der Waals surface area contributed by atoms with E-state index < -0.39 is 0 Å². The second-order valence-electron chi connectivity index (χ2n) is 4.49. The van der Waals surface area contributed by atoms with Gasteiger partial charge in [-0.1, -0.05) is 42.6 Å². The highest BCUT2D eigenvalue weighted by atomic mass is 79.9. The molecule has 0 radical (unpaired) electrons. The van der Waals surface area contributed by atoms with E-state index in [0.717, 1.165) is 17.9 Å². The van der Waals surface area contributed by atoms with Gasteiger partial charge in [-0.3, -0.25) is 0 Å². The van der Waals surface area contributed by atoms with Crippen molar-refractivity contribution in [3.63, 3.8) is 0 Å². The highest BCUT2D eigenvalue weighted by Gasteiger charge is 2.19. The second kappa shape index (κ2) is 6.02. The lowest BCUT2D eigenvalue weighted by Crippen LogP contribution is -2.23. The maximum Gasteiger partial charge on any atom is 0.0577 e. The first-order chi connectivity index (χ1) is 6.22. The van der Waals surface area contributed by atoms with Gasteiger partial charge in [0.25, 0.3) is 0 Å². The van der Waals surface area contributed by atoms with E-state index >= 15 is 0 Å². The van der Waals surface area contributed by atoms with Crippen LogP contribution in [0.5, 0.6) is 0 Å². The van der Waals surface area contributed by atoms with Crippen molar-refractivity contribution in [2.75, 3.05) is 11.9 Å². The molecule has 1 fully saturated rings. The van der Waals surface area contributed by atoms with Crippen molar-refractivity contribution >= 4 is 15.9 Å². The first kappa shape index (κ1) is 11.5. The molecule has 0 heterocycles. The third kappa shape index (κ3) is 4.46. The van der Waals surface area contributed by atoms with Gasteiger partial charge in [0.2, 0.25) is 0 Å². The van der Waals surface area contributed by atoms with E-state index in [0.29, 0.717) is 12.0 Å². The minimum atomic E-state index is 0.547. The fraction of sp³-hybridized carbons (Fsp3) is 1.00. The van der Waals surface area contributed by atoms with Crippen molar-refractivity contribution in [2.24, 2.45) is 11.8 Å². The molecule has 0 spiro atoms. The van der Waals surface area contributed by atoms with Gasteiger partial charge in [-0.05, 0) is 24.7 Å². The van der Waals surface area contributed by atoms with Gasteiger partial charge in [0.1, 0.15) is 0 Å². The number of ether oxygens (including phenoxy) is 1. The van der Waals surface area contributed by atoms with Gasteiger partial charge in [-0.15, -0.1) is 0 Å². The first-order valence-electron chi connectivity index (χ1n) is 5.40. The van der Waals surface area contributed by atoms with Crippen LogP contribution >= 0.6 is 15.9 Å². The lowest BCUT2D eigenvalue weighted by atomic mass is 9.89. The van der Waals surface area contributed by atoms with Crippen molar-refractivity contribution in [3.05, 3.63) is 0 Å². The first-order valence-corrected chi connectivity index (χ1v) is 6.52. The van der Waals surface area contributed by atoms with Crippen LogP contribution in [0.25, 0.3) is 0 Å². The highest BCUT2D eigenvalue weighted by Crippen LogP contribution is 2.26. The van der Waals surface area contributed by atoms with Crippen LogP contribution in [0, 0.1) is 11.8 Å². The average Bonchev–Trinajstić information content (AvgIpc) is 2.14. The van der Waals surface area contributed by atoms with Gasteiger partial charge >= 0.3 is 0 Å². The SMILES string of the molecule is CC(CBr)COC1CCCC(C)C1. The molecule has 1 saturated carbocycles. The molecular weight excluding hydrogens is 228 g/mol. The monoisotopic (exact) mass is 248 g/mol. The molecule has 0 aromatic rings. The summed E-state index contributed by atoms with van der Waals surface area (Å²) in [4.78, 5) is 0. The number of rotatable bonds is 4. The quantitative estimate of drug-likeness (QED) is 0.691. The molecular formula is C11H21BrO. The summed E-state index contributed by atoms with van der Waals surface area (Å²) >= 11 is 3.47. The molecule has 0 saturated heterocycles. The summed E-state index contributed by atoms with van der Waals surface area (Å²) in [6.07, 6.45) is 5.85. The van der Waals surface area contributed by atoms with E-state index in [1.165, 1.54) is 25.7 Å². The Morgan fingerprint density at radius 3 is 2.85 bits per heavy atom. The fourth-order valence-electron chi connectivity index (χ4n) is 1.87. The van der Waals surface area contributed by atoms with E-state index in [2.05, 4.69) is 29.8 Å². The fourth-order valence-corrected chi connectivity index (χ4v) is 2.06. The van der Waals surface area contributed by atoms with Crippen LogP contribution in [0.1, 0.15) is 39.5 Å². The van der Waals surface area contributed by atoms with Gasteiger partial charge in [0, 0.05) is 5.33 Å². The summed E-state index contributed by atoms with van der Waals surface area (Å²) in [6.45, 7) is 5.48. The molecule has 13 heavy (non-hydrogen) atoms. The Bertz CT molecular complexity index is 138. The predicted molar refractivity (Wildman–Crippen MR) is 60.3 cm³/mol. The predicted octanol–water partition coefficient (Wildman–Crippen LogP) is 3.61. The zero-order chi connectivity index (χ0) is 9.68. The van der Waals surface area contributed by atoms with Crippen molar-refractivity contribution in [3.8, 4) is 0 Å². The van der Waals surface area contributed by atoms with Crippen molar-refractivity contribution < 1.29 is 4.74 Å². The molecule has 1 rings (SSSR count). The lowest BCUT2D eigenvalue weighted by Gasteiger charge is -2.27. The largest absolute Gasteiger partial charge is 0.378 e. The van der Waals surface area contributed by atoms with E-state index in [-0.39, 0.29) is 0 Å². The molecule has 0 N–H and O–H groups in total. The third-order valence-electron chi connectivity index (χ3n) is 2.77. The van der Waals surface area contributed by atoms with E-state index in [9.17, 15) is 0 Å². The van der Waals surface area contributed by atoms with E-state index in [1.54, 1.807) is 0 Å². The Morgan fingerprint density at radius 1 is 1.46 bits per heavy atom. The van der Waals surface area contributed by atoms with Crippen LogP contribution in [0.15, 0.2) is 0 Å². The van der Waals surface area contributed by atoms with Crippen LogP contribution in [0.3, 0.4) is 0 Å². The van der Waals surface area contributed by atoms with Crippen LogP contribution in [-0.2, 0) is 4.74 Å². The number of halogens is 1. The number of alkyl halides is 1. The summed E-state index contributed by atoms with van der Waals surface area (Å²) in [5.41, 5.74) is 0. The minimum absolute atomic E-state index is 0.547. The summed E-state index contributed by atoms with van der Waals surface area (Å²) in [5.74, 6) is 1.52. The van der Waals surface area contributed by atoms with Gasteiger partial charge in [0.15, 0.2) is 0 Å². The van der Waals surface area contributed by atoms with E-state index in [4.69, 9.17) is 4.74 Å². The van der Waals surface area contributed by atoms with Gasteiger partial charge in [0.05, 0.1) is 12.7 Å². The summed E-state index contributed by atoms with van der Waals surface area (Å²) < 4.78 is 5.88. The van der Waals surface area contributed by atoms with Crippen LogP contribution in [0.4, 0.5) is 0 Å². The lowest BCUT2D eigenvalue weighted by molar-refractivity contribution is 0.00303. The Balaban J connectivity index is 2.13. The number of hydrogen-bond acceptors (Lipinski definition) is 1. The standard InChI is InChI=1S/C11H21BrO/c1-9-4-3-5-11(6-9)13-8-10(2)7-12/h9-11H,3-8H2,1-2H3. The maximum atomic E-state index is 5.88. The van der Waals surface area contributed by atoms with Gasteiger partial charge < -0.3 is 4.74 Å². The normalized spacial score (nSPS) is 31.6. The Labute approximate surface area is 90.4 Å². The van der Waals surface area contributed by atoms with Gasteiger partial charge in [-0.2, -0.15) is 0 Å². The van der Waals surface area contributed by atoms with Crippen LogP contribution < -0.4 is 0 Å². The molecule has 0 aromatic carbocycles. The molecule has 0 aliphatic heterocycles. The zero-order valence-corrected chi connectivity index (χ0v) is 10.3. The topological polar surface area (TPSA) is 9.23 Å². The summed E-state index contributed by atoms with van der Waals surface area (Å²) in [7, 11) is 0. The second-order valence-corrected chi connectivity index (χ2v) is 5.13. The Kier molecular flexibility index (Phi) is 5.34. The molecule has 3 atom stereocenters. The third-order valence-corrected chi connectivity index (χ3v) is 3.87. The van der Waals surface area contributed by atoms with Crippen molar-refractivity contribution in [1.82, 2.24) is 0 Å². The minimum Gasteiger partial charge on any atom is -0.378 e. The average molecular weight is 249 g/mol. The molecule has 78 valence electrons. The molecule has 0 aromatic heterocycles. The summed E-state index contributed by atoms with van der Waals surface area (Å²) in [5, 5.41) is 1.05. The molecule has 1 aliphatic rings. The Morgan fingerprint density at radius 2 is 2.23 bits per heavy atom. The maximum absolute atomic E-state index is 5.88. The smallest absolute Gasteiger partial charge is 0.0577 e. The zero-order valence-electron chi connectivity index (χ0n) is 8.76. The molecule has 3 unspecified atom stereocenters. The van der Waals surface area contributed by atoms with Crippen LogP contribution in [-0.4, -0.2) is 18.0 Å².